The Hall–Kier alpha value is -2.60. The van der Waals surface area contributed by atoms with Gasteiger partial charge in [0.25, 0.3) is 0 Å². The van der Waals surface area contributed by atoms with Crippen LogP contribution in [0.4, 0.5) is 5.82 Å². The maximum Gasteiger partial charge on any atom is 0.180 e. The fourth-order valence-corrected chi connectivity index (χ4v) is 3.05. The van der Waals surface area contributed by atoms with E-state index in [9.17, 15) is 10.2 Å². The number of hydrogen-bond acceptors (Lipinski definition) is 5. The predicted molar refractivity (Wildman–Crippen MR) is 87.5 cm³/mol. The van der Waals surface area contributed by atoms with Crippen LogP contribution < -0.4 is 4.90 Å². The van der Waals surface area contributed by atoms with Crippen LogP contribution in [0.3, 0.4) is 0 Å². The van der Waals surface area contributed by atoms with Crippen LogP contribution in [0, 0.1) is 0 Å². The smallest absolute Gasteiger partial charge is 0.180 e. The number of piperidine rings is 1. The third kappa shape index (κ3) is 2.51. The molecular formula is C17H18N4O2. The average Bonchev–Trinajstić information content (AvgIpc) is 3.00. The van der Waals surface area contributed by atoms with E-state index in [2.05, 4.69) is 14.9 Å². The Balaban J connectivity index is 1.76. The molecule has 1 aromatic carbocycles. The zero-order chi connectivity index (χ0) is 15.8. The molecule has 23 heavy (non-hydrogen) atoms. The molecule has 0 atom stereocenters. The average molecular weight is 310 g/mol. The van der Waals surface area contributed by atoms with Crippen LogP contribution in [0.2, 0.25) is 0 Å². The van der Waals surface area contributed by atoms with Crippen molar-refractivity contribution in [3.8, 4) is 17.0 Å². The molecule has 6 heteroatoms. The first kappa shape index (κ1) is 14.0. The number of anilines is 1. The summed E-state index contributed by atoms with van der Waals surface area (Å²) in [5, 5.41) is 19.1. The fraction of sp³-hybridized carbons (Fsp3) is 0.294. The second kappa shape index (κ2) is 5.55. The molecule has 0 bridgehead atoms. The lowest BCUT2D eigenvalue weighted by Gasteiger charge is -2.30. The molecule has 6 nitrogen and oxygen atoms in total. The molecule has 2 N–H and O–H groups in total. The van der Waals surface area contributed by atoms with Crippen molar-refractivity contribution in [3.05, 3.63) is 42.9 Å². The maximum absolute atomic E-state index is 9.67. The summed E-state index contributed by atoms with van der Waals surface area (Å²) in [7, 11) is 0. The molecule has 1 aliphatic rings. The van der Waals surface area contributed by atoms with Gasteiger partial charge in [-0.05, 0) is 37.1 Å². The lowest BCUT2D eigenvalue weighted by Crippen LogP contribution is -2.36. The van der Waals surface area contributed by atoms with Gasteiger partial charge in [-0.3, -0.25) is 4.40 Å². The Labute approximate surface area is 133 Å². The van der Waals surface area contributed by atoms with E-state index in [0.717, 1.165) is 48.7 Å². The highest BCUT2D eigenvalue weighted by molar-refractivity contribution is 5.71. The highest BCUT2D eigenvalue weighted by Gasteiger charge is 2.21. The summed E-state index contributed by atoms with van der Waals surface area (Å²) in [5.74, 6) is 1.10. The molecule has 2 aromatic heterocycles. The van der Waals surface area contributed by atoms with Crippen LogP contribution >= 0.6 is 0 Å². The van der Waals surface area contributed by atoms with E-state index in [0.29, 0.717) is 0 Å². The number of fused-ring (bicyclic) bond motifs is 1. The summed E-state index contributed by atoms with van der Waals surface area (Å²) < 4.78 is 2.01. The molecule has 4 rings (SSSR count). The molecule has 0 radical (unpaired) electrons. The molecule has 0 spiro atoms. The number of aromatic hydroxyl groups is 1. The number of rotatable bonds is 2. The van der Waals surface area contributed by atoms with Gasteiger partial charge < -0.3 is 15.1 Å². The number of phenolic OH excluding ortho intramolecular Hbond substituents is 1. The minimum absolute atomic E-state index is 0.210. The number of phenols is 1. The van der Waals surface area contributed by atoms with Crippen molar-refractivity contribution in [2.75, 3.05) is 18.0 Å². The SMILES string of the molecule is Oc1ccc(-c2cnc3c(N4CCC(O)CC4)nccn23)cc1. The van der Waals surface area contributed by atoms with E-state index in [-0.39, 0.29) is 11.9 Å². The molecule has 1 fully saturated rings. The van der Waals surface area contributed by atoms with E-state index in [1.807, 2.05) is 28.9 Å². The van der Waals surface area contributed by atoms with Crippen molar-refractivity contribution in [3.63, 3.8) is 0 Å². The van der Waals surface area contributed by atoms with Crippen LogP contribution in [-0.2, 0) is 0 Å². The van der Waals surface area contributed by atoms with Crippen molar-refractivity contribution in [2.45, 2.75) is 18.9 Å². The number of aliphatic hydroxyl groups is 1. The molecule has 1 saturated heterocycles. The summed E-state index contributed by atoms with van der Waals surface area (Å²) in [5.41, 5.74) is 2.76. The van der Waals surface area contributed by atoms with E-state index in [1.165, 1.54) is 0 Å². The first-order chi connectivity index (χ1) is 11.2. The second-order valence-electron chi connectivity index (χ2n) is 5.85. The van der Waals surface area contributed by atoms with Gasteiger partial charge in [0.1, 0.15) is 5.75 Å². The summed E-state index contributed by atoms with van der Waals surface area (Å²) >= 11 is 0. The predicted octanol–water partition coefficient (Wildman–Crippen LogP) is 2.06. The molecule has 1 aliphatic heterocycles. The maximum atomic E-state index is 9.67. The quantitative estimate of drug-likeness (QED) is 0.758. The number of imidazole rings is 1. The first-order valence-corrected chi connectivity index (χ1v) is 7.77. The van der Waals surface area contributed by atoms with Crippen molar-refractivity contribution in [2.24, 2.45) is 0 Å². The molecule has 0 aliphatic carbocycles. The minimum atomic E-state index is -0.210. The molecular weight excluding hydrogens is 292 g/mol. The Morgan fingerprint density at radius 2 is 1.78 bits per heavy atom. The number of aliphatic hydroxyl groups excluding tert-OH is 1. The summed E-state index contributed by atoms with van der Waals surface area (Å²) in [6, 6.07) is 7.08. The lowest BCUT2D eigenvalue weighted by atomic mass is 10.1. The van der Waals surface area contributed by atoms with Gasteiger partial charge in [-0.15, -0.1) is 0 Å². The van der Waals surface area contributed by atoms with Gasteiger partial charge in [0.15, 0.2) is 11.5 Å². The largest absolute Gasteiger partial charge is 0.508 e. The second-order valence-corrected chi connectivity index (χ2v) is 5.85. The normalized spacial score (nSPS) is 16.1. The van der Waals surface area contributed by atoms with Crippen molar-refractivity contribution in [1.82, 2.24) is 14.4 Å². The standard InChI is InChI=1S/C17H18N4O2/c22-13-3-1-12(2-4-13)15-11-19-17-16(18-7-10-21(15)17)20-8-5-14(23)6-9-20/h1-4,7,10-11,14,22-23H,5-6,8-9H2. The van der Waals surface area contributed by atoms with Gasteiger partial charge in [-0.2, -0.15) is 0 Å². The monoisotopic (exact) mass is 310 g/mol. The van der Waals surface area contributed by atoms with Crippen LogP contribution in [0.15, 0.2) is 42.9 Å². The Kier molecular flexibility index (Phi) is 3.38. The van der Waals surface area contributed by atoms with Gasteiger partial charge in [0.05, 0.1) is 18.0 Å². The molecule has 0 saturated carbocycles. The van der Waals surface area contributed by atoms with Crippen LogP contribution in [0.25, 0.3) is 16.9 Å². The van der Waals surface area contributed by atoms with E-state index in [4.69, 9.17) is 0 Å². The van der Waals surface area contributed by atoms with Crippen LogP contribution in [-0.4, -0.2) is 43.8 Å². The van der Waals surface area contributed by atoms with Gasteiger partial charge >= 0.3 is 0 Å². The number of nitrogens with zero attached hydrogens (tertiary/aromatic N) is 4. The Morgan fingerprint density at radius 1 is 1.04 bits per heavy atom. The zero-order valence-corrected chi connectivity index (χ0v) is 12.6. The molecule has 3 aromatic rings. The van der Waals surface area contributed by atoms with Gasteiger partial charge in [0, 0.05) is 31.0 Å². The Morgan fingerprint density at radius 3 is 2.52 bits per heavy atom. The molecule has 118 valence electrons. The van der Waals surface area contributed by atoms with Crippen molar-refractivity contribution in [1.29, 1.82) is 0 Å². The fourth-order valence-electron chi connectivity index (χ4n) is 3.05. The number of aromatic nitrogens is 3. The third-order valence-electron chi connectivity index (χ3n) is 4.34. The van der Waals surface area contributed by atoms with Gasteiger partial charge in [0.2, 0.25) is 0 Å². The van der Waals surface area contributed by atoms with Crippen molar-refractivity contribution < 1.29 is 10.2 Å². The molecule has 0 unspecified atom stereocenters. The van der Waals surface area contributed by atoms with Crippen LogP contribution in [0.5, 0.6) is 5.75 Å². The minimum Gasteiger partial charge on any atom is -0.508 e. The first-order valence-electron chi connectivity index (χ1n) is 7.77. The third-order valence-corrected chi connectivity index (χ3v) is 4.34. The number of benzene rings is 1. The topological polar surface area (TPSA) is 73.9 Å². The summed E-state index contributed by atoms with van der Waals surface area (Å²) in [6.45, 7) is 1.57. The Bertz CT molecular complexity index is 820. The highest BCUT2D eigenvalue weighted by Crippen LogP contribution is 2.27. The zero-order valence-electron chi connectivity index (χ0n) is 12.6. The molecule has 3 heterocycles. The summed E-state index contributed by atoms with van der Waals surface area (Å²) in [4.78, 5) is 11.2. The van der Waals surface area contributed by atoms with Crippen LogP contribution in [0.1, 0.15) is 12.8 Å². The van der Waals surface area contributed by atoms with E-state index < -0.39 is 0 Å². The van der Waals surface area contributed by atoms with E-state index >= 15 is 0 Å². The highest BCUT2D eigenvalue weighted by atomic mass is 16.3. The number of hydrogen-bond donors (Lipinski definition) is 2. The van der Waals surface area contributed by atoms with E-state index in [1.54, 1.807) is 18.3 Å². The molecule has 0 amide bonds. The van der Waals surface area contributed by atoms with Crippen molar-refractivity contribution >= 4 is 11.5 Å². The van der Waals surface area contributed by atoms with Gasteiger partial charge in [-0.25, -0.2) is 9.97 Å². The van der Waals surface area contributed by atoms with Gasteiger partial charge in [-0.1, -0.05) is 0 Å². The lowest BCUT2D eigenvalue weighted by molar-refractivity contribution is 0.145. The summed E-state index contributed by atoms with van der Waals surface area (Å²) in [6.07, 6.45) is 6.80.